The topological polar surface area (TPSA) is 58.6 Å². The fraction of sp³-hybridized carbons (Fsp3) is 0.400. The number of hydrogen-bond donors (Lipinski definition) is 0. The lowest BCUT2D eigenvalue weighted by atomic mass is 10.1. The smallest absolute Gasteiger partial charge is 0.236 e. The van der Waals surface area contributed by atoms with Crippen LogP contribution in [0.1, 0.15) is 25.0 Å². The first-order valence-corrected chi connectivity index (χ1v) is 10.9. The molecule has 2 aromatic heterocycles. The molecule has 31 heavy (non-hydrogen) atoms. The molecule has 1 saturated heterocycles. The van der Waals surface area contributed by atoms with E-state index >= 15 is 0 Å². The van der Waals surface area contributed by atoms with Crippen molar-refractivity contribution in [1.29, 1.82) is 0 Å². The Kier molecular flexibility index (Phi) is 6.89. The Hall–Kier alpha value is -2.83. The van der Waals surface area contributed by atoms with Crippen LogP contribution in [0, 0.1) is 5.92 Å². The zero-order valence-electron chi connectivity index (χ0n) is 18.3. The summed E-state index contributed by atoms with van der Waals surface area (Å²) in [5.41, 5.74) is 3.25. The normalized spacial score (nSPS) is 18.0. The van der Waals surface area contributed by atoms with Crippen LogP contribution in [0.5, 0.6) is 0 Å². The Morgan fingerprint density at radius 1 is 1.06 bits per heavy atom. The van der Waals surface area contributed by atoms with Crippen LogP contribution in [0.15, 0.2) is 61.1 Å². The van der Waals surface area contributed by atoms with Crippen molar-refractivity contribution >= 4 is 16.8 Å². The molecule has 6 heteroatoms. The van der Waals surface area contributed by atoms with Crippen molar-refractivity contribution in [3.63, 3.8) is 0 Å². The number of aromatic nitrogens is 2. The second-order valence-electron chi connectivity index (χ2n) is 8.64. The van der Waals surface area contributed by atoms with Crippen LogP contribution < -0.4 is 0 Å². The third kappa shape index (κ3) is 5.66. The summed E-state index contributed by atoms with van der Waals surface area (Å²) in [6, 6.07) is 14.1. The molecule has 3 aromatic rings. The highest BCUT2D eigenvalue weighted by molar-refractivity contribution is 5.82. The van der Waals surface area contributed by atoms with Gasteiger partial charge in [0.25, 0.3) is 0 Å². The quantitative estimate of drug-likeness (QED) is 0.588. The molecule has 1 aromatic carbocycles. The summed E-state index contributed by atoms with van der Waals surface area (Å²) in [5, 5.41) is 1.13. The van der Waals surface area contributed by atoms with Gasteiger partial charge in [-0.05, 0) is 41.3 Å². The van der Waals surface area contributed by atoms with Crippen LogP contribution in [0.4, 0.5) is 0 Å². The minimum absolute atomic E-state index is 0.0496. The van der Waals surface area contributed by atoms with Gasteiger partial charge in [-0.15, -0.1) is 0 Å². The molecule has 0 N–H and O–H groups in total. The second kappa shape index (κ2) is 9.98. The second-order valence-corrected chi connectivity index (χ2v) is 8.64. The van der Waals surface area contributed by atoms with Crippen LogP contribution in [-0.4, -0.2) is 58.0 Å². The van der Waals surface area contributed by atoms with Crippen molar-refractivity contribution in [2.45, 2.75) is 33.1 Å². The summed E-state index contributed by atoms with van der Waals surface area (Å²) in [7, 11) is 0. The molecule has 4 rings (SSSR count). The standard InChI is InChI=1S/C25H30N4O2/c1-19(2)13-29-16-22(31-18-20-7-10-26-11-8-20)15-28(17-25(29)30)14-21-9-12-27-24-6-4-3-5-23(21)24/h3-12,19,22H,13-18H2,1-2H3/t22-/m1/s1. The van der Waals surface area contributed by atoms with Crippen molar-refractivity contribution in [2.24, 2.45) is 5.92 Å². The van der Waals surface area contributed by atoms with Gasteiger partial charge in [0.05, 0.1) is 24.8 Å². The van der Waals surface area contributed by atoms with Gasteiger partial charge in [0, 0.05) is 50.2 Å². The van der Waals surface area contributed by atoms with E-state index in [0.717, 1.165) is 23.0 Å². The van der Waals surface area contributed by atoms with Crippen molar-refractivity contribution in [3.8, 4) is 0 Å². The summed E-state index contributed by atoms with van der Waals surface area (Å²) in [6.07, 6.45) is 5.36. The number of ether oxygens (including phenoxy) is 1. The van der Waals surface area contributed by atoms with Gasteiger partial charge in [0.2, 0.25) is 5.91 Å². The summed E-state index contributed by atoms with van der Waals surface area (Å²) in [4.78, 5) is 25.8. The Labute approximate surface area is 183 Å². The first-order valence-electron chi connectivity index (χ1n) is 10.9. The molecule has 0 spiro atoms. The SMILES string of the molecule is CC(C)CN1C[C@H](OCc2ccncc2)CN(Cc2ccnc3ccccc23)CC1=O. The largest absolute Gasteiger partial charge is 0.370 e. The van der Waals surface area contributed by atoms with E-state index in [9.17, 15) is 4.79 Å². The summed E-state index contributed by atoms with van der Waals surface area (Å²) >= 11 is 0. The van der Waals surface area contributed by atoms with E-state index in [1.54, 1.807) is 12.4 Å². The number of hydrogen-bond acceptors (Lipinski definition) is 5. The average molecular weight is 419 g/mol. The van der Waals surface area contributed by atoms with E-state index in [-0.39, 0.29) is 12.0 Å². The monoisotopic (exact) mass is 418 g/mol. The molecule has 0 radical (unpaired) electrons. The average Bonchev–Trinajstić information content (AvgIpc) is 2.91. The van der Waals surface area contributed by atoms with Crippen molar-refractivity contribution in [1.82, 2.24) is 19.8 Å². The van der Waals surface area contributed by atoms with Crippen molar-refractivity contribution in [2.75, 3.05) is 26.2 Å². The van der Waals surface area contributed by atoms with E-state index < -0.39 is 0 Å². The molecule has 0 bridgehead atoms. The van der Waals surface area contributed by atoms with E-state index in [0.29, 0.717) is 38.7 Å². The molecule has 0 saturated carbocycles. The molecule has 1 atom stereocenters. The van der Waals surface area contributed by atoms with Crippen molar-refractivity contribution < 1.29 is 9.53 Å². The van der Waals surface area contributed by atoms with Gasteiger partial charge in [-0.3, -0.25) is 19.7 Å². The number of pyridine rings is 2. The van der Waals surface area contributed by atoms with Crippen LogP contribution in [0.25, 0.3) is 10.9 Å². The highest BCUT2D eigenvalue weighted by Gasteiger charge is 2.29. The first-order chi connectivity index (χ1) is 15.1. The van der Waals surface area contributed by atoms with Crippen LogP contribution in [-0.2, 0) is 22.7 Å². The maximum atomic E-state index is 13.0. The molecule has 1 amide bonds. The minimum atomic E-state index is -0.0496. The lowest BCUT2D eigenvalue weighted by Gasteiger charge is -2.26. The van der Waals surface area contributed by atoms with Gasteiger partial charge in [-0.1, -0.05) is 32.0 Å². The molecule has 1 fully saturated rings. The van der Waals surface area contributed by atoms with Crippen LogP contribution in [0.3, 0.4) is 0 Å². The van der Waals surface area contributed by atoms with Gasteiger partial charge in [-0.2, -0.15) is 0 Å². The molecule has 6 nitrogen and oxygen atoms in total. The predicted molar refractivity (Wildman–Crippen MR) is 121 cm³/mol. The Bertz CT molecular complexity index is 1000. The third-order valence-electron chi connectivity index (χ3n) is 5.55. The highest BCUT2D eigenvalue weighted by atomic mass is 16.5. The van der Waals surface area contributed by atoms with Crippen molar-refractivity contribution in [3.05, 3.63) is 72.2 Å². The minimum Gasteiger partial charge on any atom is -0.370 e. The molecule has 0 aliphatic carbocycles. The fourth-order valence-corrected chi connectivity index (χ4v) is 4.12. The van der Waals surface area contributed by atoms with E-state index in [4.69, 9.17) is 4.74 Å². The lowest BCUT2D eigenvalue weighted by Crippen LogP contribution is -2.40. The highest BCUT2D eigenvalue weighted by Crippen LogP contribution is 2.20. The maximum absolute atomic E-state index is 13.0. The van der Waals surface area contributed by atoms with Gasteiger partial charge in [0.15, 0.2) is 0 Å². The molecule has 3 heterocycles. The van der Waals surface area contributed by atoms with E-state index in [1.807, 2.05) is 41.4 Å². The number of nitrogens with zero attached hydrogens (tertiary/aromatic N) is 4. The Balaban J connectivity index is 1.52. The Morgan fingerprint density at radius 2 is 1.87 bits per heavy atom. The predicted octanol–water partition coefficient (Wildman–Crippen LogP) is 3.52. The van der Waals surface area contributed by atoms with Crippen LogP contribution >= 0.6 is 0 Å². The maximum Gasteiger partial charge on any atom is 0.236 e. The first kappa shape index (κ1) is 21.4. The molecule has 1 aliphatic heterocycles. The van der Waals surface area contributed by atoms with Gasteiger partial charge >= 0.3 is 0 Å². The number of amides is 1. The Morgan fingerprint density at radius 3 is 2.68 bits per heavy atom. The lowest BCUT2D eigenvalue weighted by molar-refractivity contribution is -0.132. The number of fused-ring (bicyclic) bond motifs is 1. The zero-order chi connectivity index (χ0) is 21.6. The summed E-state index contributed by atoms with van der Waals surface area (Å²) in [5.74, 6) is 0.586. The molecule has 0 unspecified atom stereocenters. The number of para-hydroxylation sites is 1. The molecular weight excluding hydrogens is 388 g/mol. The third-order valence-corrected chi connectivity index (χ3v) is 5.55. The summed E-state index contributed by atoms with van der Waals surface area (Å²) < 4.78 is 6.29. The number of carbonyl (C=O) groups is 1. The number of rotatable bonds is 7. The fourth-order valence-electron chi connectivity index (χ4n) is 4.12. The molecule has 162 valence electrons. The number of carbonyl (C=O) groups excluding carboxylic acids is 1. The zero-order valence-corrected chi connectivity index (χ0v) is 18.3. The van der Waals surface area contributed by atoms with E-state index in [1.165, 1.54) is 5.56 Å². The molecular formula is C25H30N4O2. The van der Waals surface area contributed by atoms with Crippen LogP contribution in [0.2, 0.25) is 0 Å². The number of benzene rings is 1. The summed E-state index contributed by atoms with van der Waals surface area (Å²) in [6.45, 7) is 7.98. The van der Waals surface area contributed by atoms with Gasteiger partial charge < -0.3 is 9.64 Å². The molecule has 1 aliphatic rings. The van der Waals surface area contributed by atoms with E-state index in [2.05, 4.69) is 40.8 Å². The van der Waals surface area contributed by atoms with Gasteiger partial charge in [0.1, 0.15) is 0 Å². The van der Waals surface area contributed by atoms with Gasteiger partial charge in [-0.25, -0.2) is 0 Å².